The van der Waals surface area contributed by atoms with Crippen LogP contribution >= 0.6 is 12.2 Å². The number of carbonyl (C=O) groups is 6. The van der Waals surface area contributed by atoms with Crippen LogP contribution < -0.4 is 16.0 Å². The molecule has 1 heterocycles. The lowest BCUT2D eigenvalue weighted by molar-refractivity contribution is -0.150. The minimum atomic E-state index is -1.58. The van der Waals surface area contributed by atoms with Gasteiger partial charge in [-0.2, -0.15) is 0 Å². The average molecular weight is 609 g/mol. The first-order chi connectivity index (χ1) is 20.1. The van der Waals surface area contributed by atoms with Gasteiger partial charge >= 0.3 is 5.97 Å². The van der Waals surface area contributed by atoms with Crippen molar-refractivity contribution in [3.05, 3.63) is 48.0 Å². The number of esters is 1. The molecule has 0 unspecified atom stereocenters. The molecule has 0 aromatic heterocycles. The summed E-state index contributed by atoms with van der Waals surface area (Å²) in [5, 5.41) is 35.6. The molecule has 0 saturated carbocycles. The fourth-order valence-corrected chi connectivity index (χ4v) is 3.71. The van der Waals surface area contributed by atoms with Crippen molar-refractivity contribution in [3.63, 3.8) is 0 Å². The Bertz CT molecular complexity index is 1160. The Morgan fingerprint density at radius 1 is 0.786 bits per heavy atom. The van der Waals surface area contributed by atoms with Gasteiger partial charge in [-0.1, -0.05) is 42.5 Å². The Morgan fingerprint density at radius 3 is 1.90 bits per heavy atom. The van der Waals surface area contributed by atoms with Crippen molar-refractivity contribution >= 4 is 52.6 Å². The fraction of sp³-hybridized carbons (Fsp3) is 0.423. The molecule has 1 aliphatic heterocycles. The second-order valence-electron chi connectivity index (χ2n) is 8.70. The van der Waals surface area contributed by atoms with Gasteiger partial charge in [0.1, 0.15) is 18.7 Å². The van der Waals surface area contributed by atoms with E-state index < -0.39 is 67.5 Å². The number of thiocarbonyl (C=S) groups is 1. The van der Waals surface area contributed by atoms with Crippen LogP contribution in [0.1, 0.15) is 16.8 Å². The summed E-state index contributed by atoms with van der Waals surface area (Å²) in [6, 6.07) is 3.79. The van der Waals surface area contributed by atoms with E-state index in [1.54, 1.807) is 30.3 Å². The van der Waals surface area contributed by atoms with Crippen LogP contribution in [-0.2, 0) is 33.4 Å². The topological polar surface area (TPSA) is 221 Å². The Kier molecular flexibility index (Phi) is 14.3. The standard InChI is InChI=1S/C26H32N4O11S/c31-13-17(27-21(42)12-20(34)16-4-2-1-3-5-16)24(37)28-18(14-32)25(38)29-19(15-33)26(39)41-11-10-40-9-8-30-22(35)6-7-23(30)36/h1-7,17-19,31-33H,8-15H2,(H,27,42)(H,28,37)(H,29,38)/t17-,18-,19-/m0/s1. The summed E-state index contributed by atoms with van der Waals surface area (Å²) in [4.78, 5) is 73.6. The molecule has 0 bridgehead atoms. The average Bonchev–Trinajstić information content (AvgIpc) is 3.31. The highest BCUT2D eigenvalue weighted by Crippen LogP contribution is 2.05. The molecule has 0 radical (unpaired) electrons. The zero-order chi connectivity index (χ0) is 31.1. The third-order valence-electron chi connectivity index (χ3n) is 5.68. The SMILES string of the molecule is O=C(CC(=S)N[C@@H](CO)C(=O)N[C@@H](CO)C(=O)N[C@@H](CO)C(=O)OCCOCCN1C(=O)C=CC1=O)c1ccccc1. The summed E-state index contributed by atoms with van der Waals surface area (Å²) in [5.74, 6) is -4.25. The van der Waals surface area contributed by atoms with Crippen molar-refractivity contribution in [3.8, 4) is 0 Å². The molecule has 0 fully saturated rings. The van der Waals surface area contributed by atoms with E-state index in [1.807, 2.05) is 0 Å². The molecular formula is C26H32N4O11S. The highest BCUT2D eigenvalue weighted by atomic mass is 32.1. The lowest BCUT2D eigenvalue weighted by Gasteiger charge is -2.23. The largest absolute Gasteiger partial charge is 0.462 e. The number of imide groups is 1. The van der Waals surface area contributed by atoms with Crippen LogP contribution in [0, 0.1) is 0 Å². The van der Waals surface area contributed by atoms with Gasteiger partial charge in [0.05, 0.1) is 51.0 Å². The smallest absolute Gasteiger partial charge is 0.331 e. The number of carbonyl (C=O) groups excluding carboxylic acids is 6. The molecule has 6 N–H and O–H groups in total. The first-order valence-electron chi connectivity index (χ1n) is 12.7. The molecule has 2 rings (SSSR count). The third-order valence-corrected chi connectivity index (χ3v) is 5.94. The molecule has 15 nitrogen and oxygen atoms in total. The van der Waals surface area contributed by atoms with Gasteiger partial charge in [-0.25, -0.2) is 4.79 Å². The number of benzene rings is 1. The van der Waals surface area contributed by atoms with Gasteiger partial charge in [0.25, 0.3) is 11.8 Å². The van der Waals surface area contributed by atoms with Crippen LogP contribution in [-0.4, -0.2) is 125 Å². The lowest BCUT2D eigenvalue weighted by atomic mass is 10.1. The number of Topliss-reactive ketones (excluding diaryl/α,β-unsaturated/α-hetero) is 1. The van der Waals surface area contributed by atoms with Gasteiger partial charge in [-0.3, -0.25) is 28.9 Å². The first kappa shape index (κ1) is 34.1. The van der Waals surface area contributed by atoms with Crippen LogP contribution in [0.5, 0.6) is 0 Å². The predicted octanol–water partition coefficient (Wildman–Crippen LogP) is -3.02. The normalized spacial score (nSPS) is 14.6. The Balaban J connectivity index is 1.77. The molecule has 0 saturated heterocycles. The van der Waals surface area contributed by atoms with Gasteiger partial charge in [0.15, 0.2) is 11.8 Å². The zero-order valence-electron chi connectivity index (χ0n) is 22.4. The number of ether oxygens (including phenoxy) is 2. The molecule has 0 aliphatic carbocycles. The highest BCUT2D eigenvalue weighted by molar-refractivity contribution is 7.80. The van der Waals surface area contributed by atoms with Crippen LogP contribution in [0.4, 0.5) is 0 Å². The minimum absolute atomic E-state index is 0.00641. The monoisotopic (exact) mass is 608 g/mol. The van der Waals surface area contributed by atoms with E-state index in [0.717, 1.165) is 17.1 Å². The summed E-state index contributed by atoms with van der Waals surface area (Å²) in [7, 11) is 0. The Labute approximate surface area is 245 Å². The van der Waals surface area contributed by atoms with Crippen LogP contribution in [0.15, 0.2) is 42.5 Å². The van der Waals surface area contributed by atoms with Crippen molar-refractivity contribution in [2.75, 3.05) is 46.2 Å². The van der Waals surface area contributed by atoms with Crippen LogP contribution in [0.25, 0.3) is 0 Å². The number of nitrogens with zero attached hydrogens (tertiary/aromatic N) is 1. The zero-order valence-corrected chi connectivity index (χ0v) is 23.2. The van der Waals surface area contributed by atoms with Crippen molar-refractivity contribution in [1.82, 2.24) is 20.9 Å². The van der Waals surface area contributed by atoms with Gasteiger partial charge in [-0.05, 0) is 0 Å². The maximum absolute atomic E-state index is 12.6. The minimum Gasteiger partial charge on any atom is -0.462 e. The number of aliphatic hydroxyl groups is 3. The number of amides is 4. The molecule has 1 aromatic rings. The summed E-state index contributed by atoms with van der Waals surface area (Å²) in [6.45, 7) is -2.91. The Morgan fingerprint density at radius 2 is 1.33 bits per heavy atom. The number of nitrogens with one attached hydrogen (secondary N) is 3. The van der Waals surface area contributed by atoms with Gasteiger partial charge in [0.2, 0.25) is 11.8 Å². The molecule has 42 heavy (non-hydrogen) atoms. The molecule has 3 atom stereocenters. The highest BCUT2D eigenvalue weighted by Gasteiger charge is 2.29. The second kappa shape index (κ2) is 17.7. The van der Waals surface area contributed by atoms with Crippen LogP contribution in [0.2, 0.25) is 0 Å². The van der Waals surface area contributed by atoms with Crippen molar-refractivity contribution in [2.45, 2.75) is 24.5 Å². The van der Waals surface area contributed by atoms with Crippen LogP contribution in [0.3, 0.4) is 0 Å². The van der Waals surface area contributed by atoms with E-state index in [2.05, 4.69) is 16.0 Å². The maximum atomic E-state index is 12.6. The van der Waals surface area contributed by atoms with E-state index in [9.17, 15) is 44.1 Å². The van der Waals surface area contributed by atoms with Crippen molar-refractivity contribution in [1.29, 1.82) is 0 Å². The number of aliphatic hydroxyl groups excluding tert-OH is 3. The number of ketones is 1. The molecule has 1 aliphatic rings. The maximum Gasteiger partial charge on any atom is 0.331 e. The summed E-state index contributed by atoms with van der Waals surface area (Å²) in [6.07, 6.45) is 2.03. The summed E-state index contributed by atoms with van der Waals surface area (Å²) in [5.41, 5.74) is 0.402. The van der Waals surface area contributed by atoms with Crippen molar-refractivity contribution in [2.24, 2.45) is 0 Å². The number of hydrogen-bond donors (Lipinski definition) is 6. The molecule has 228 valence electrons. The molecule has 0 spiro atoms. The van der Waals surface area contributed by atoms with E-state index in [-0.39, 0.29) is 43.6 Å². The predicted molar refractivity (Wildman–Crippen MR) is 148 cm³/mol. The number of rotatable bonds is 18. The fourth-order valence-electron chi connectivity index (χ4n) is 3.44. The van der Waals surface area contributed by atoms with Gasteiger partial charge in [-0.15, -0.1) is 0 Å². The first-order valence-corrected chi connectivity index (χ1v) is 13.1. The van der Waals surface area contributed by atoms with E-state index in [1.165, 1.54) is 0 Å². The van der Waals surface area contributed by atoms with Gasteiger partial charge in [0, 0.05) is 17.7 Å². The van der Waals surface area contributed by atoms with Crippen molar-refractivity contribution < 1.29 is 53.6 Å². The summed E-state index contributed by atoms with van der Waals surface area (Å²) < 4.78 is 10.1. The molecular weight excluding hydrogens is 576 g/mol. The lowest BCUT2D eigenvalue weighted by Crippen LogP contribution is -2.58. The number of hydrogen-bond acceptors (Lipinski definition) is 12. The second-order valence-corrected chi connectivity index (χ2v) is 9.19. The molecule has 4 amide bonds. The third kappa shape index (κ3) is 10.7. The molecule has 1 aromatic carbocycles. The van der Waals surface area contributed by atoms with Gasteiger partial charge < -0.3 is 40.7 Å². The quantitative estimate of drug-likeness (QED) is 0.0322. The summed E-state index contributed by atoms with van der Waals surface area (Å²) >= 11 is 5.11. The van der Waals surface area contributed by atoms with E-state index in [0.29, 0.717) is 5.56 Å². The van der Waals surface area contributed by atoms with E-state index in [4.69, 9.17) is 21.7 Å². The molecule has 16 heteroatoms. The Hall–Kier alpha value is -4.09. The van der Waals surface area contributed by atoms with E-state index >= 15 is 0 Å².